The van der Waals surface area contributed by atoms with E-state index in [-0.39, 0.29) is 30.3 Å². The lowest BCUT2D eigenvalue weighted by molar-refractivity contribution is -0.142. The molecule has 2 aliphatic rings. The Morgan fingerprint density at radius 3 is 2.13 bits per heavy atom. The molecule has 0 atom stereocenters. The van der Waals surface area contributed by atoms with E-state index in [1.807, 2.05) is 0 Å². The molecule has 6 nitrogen and oxygen atoms in total. The normalized spacial score (nSPS) is 25.6. The fraction of sp³-hybridized carbons (Fsp3) is 0.824. The van der Waals surface area contributed by atoms with Crippen molar-refractivity contribution in [2.24, 2.45) is 11.8 Å². The second-order valence-corrected chi connectivity index (χ2v) is 6.94. The number of aliphatic carboxylic acids is 1. The number of rotatable bonds is 6. The van der Waals surface area contributed by atoms with Crippen molar-refractivity contribution in [1.82, 2.24) is 10.6 Å². The summed E-state index contributed by atoms with van der Waals surface area (Å²) in [6, 6.07) is 0.0355. The van der Waals surface area contributed by atoms with Crippen molar-refractivity contribution in [1.29, 1.82) is 0 Å². The predicted octanol–water partition coefficient (Wildman–Crippen LogP) is 1.83. The van der Waals surface area contributed by atoms with Crippen molar-refractivity contribution in [3.63, 3.8) is 0 Å². The molecule has 0 radical (unpaired) electrons. The second kappa shape index (κ2) is 8.89. The highest BCUT2D eigenvalue weighted by Crippen LogP contribution is 2.26. The Morgan fingerprint density at radius 2 is 1.52 bits per heavy atom. The van der Waals surface area contributed by atoms with E-state index in [9.17, 15) is 14.4 Å². The molecule has 2 rings (SSSR count). The van der Waals surface area contributed by atoms with Gasteiger partial charge in [0.05, 0.1) is 12.5 Å². The molecule has 0 saturated heterocycles. The molecule has 0 aromatic carbocycles. The average molecular weight is 324 g/mol. The maximum absolute atomic E-state index is 11.9. The van der Waals surface area contributed by atoms with Crippen LogP contribution in [0.3, 0.4) is 0 Å². The number of carbonyl (C=O) groups is 3. The summed E-state index contributed by atoms with van der Waals surface area (Å²) in [6.45, 7) is 0.0183. The number of hydrogen-bond acceptors (Lipinski definition) is 3. The topological polar surface area (TPSA) is 95.5 Å². The fourth-order valence-electron chi connectivity index (χ4n) is 3.67. The second-order valence-electron chi connectivity index (χ2n) is 6.94. The number of carboxylic acids is 1. The van der Waals surface area contributed by atoms with Gasteiger partial charge in [-0.05, 0) is 44.4 Å². The van der Waals surface area contributed by atoms with Gasteiger partial charge in [-0.2, -0.15) is 0 Å². The van der Waals surface area contributed by atoms with Gasteiger partial charge in [-0.15, -0.1) is 0 Å². The van der Waals surface area contributed by atoms with Gasteiger partial charge in [0, 0.05) is 12.5 Å². The maximum Gasteiger partial charge on any atom is 0.306 e. The van der Waals surface area contributed by atoms with Gasteiger partial charge in [-0.3, -0.25) is 14.4 Å². The lowest BCUT2D eigenvalue weighted by atomic mass is 9.86. The molecule has 0 spiro atoms. The van der Waals surface area contributed by atoms with Gasteiger partial charge in [0.1, 0.15) is 0 Å². The molecule has 2 saturated carbocycles. The first-order valence-corrected chi connectivity index (χ1v) is 8.83. The first-order chi connectivity index (χ1) is 11.0. The molecule has 2 amide bonds. The molecule has 0 aromatic heterocycles. The largest absolute Gasteiger partial charge is 0.481 e. The van der Waals surface area contributed by atoms with Crippen molar-refractivity contribution in [3.05, 3.63) is 0 Å². The van der Waals surface area contributed by atoms with Crippen LogP contribution in [0.5, 0.6) is 0 Å². The van der Waals surface area contributed by atoms with E-state index in [0.29, 0.717) is 38.0 Å². The van der Waals surface area contributed by atoms with Gasteiger partial charge in [0.2, 0.25) is 11.8 Å². The molecule has 2 aliphatic carbocycles. The van der Waals surface area contributed by atoms with Gasteiger partial charge in [0.15, 0.2) is 0 Å². The summed E-state index contributed by atoms with van der Waals surface area (Å²) in [5.41, 5.74) is 0. The van der Waals surface area contributed by atoms with E-state index >= 15 is 0 Å². The van der Waals surface area contributed by atoms with E-state index in [1.165, 1.54) is 19.3 Å². The molecule has 0 aliphatic heterocycles. The molecule has 6 heteroatoms. The van der Waals surface area contributed by atoms with Crippen molar-refractivity contribution in [2.75, 3.05) is 6.54 Å². The number of hydrogen-bond donors (Lipinski definition) is 3. The minimum atomic E-state index is -0.746. The van der Waals surface area contributed by atoms with Gasteiger partial charge in [0.25, 0.3) is 0 Å². The number of amides is 2. The minimum absolute atomic E-state index is 0.0183. The van der Waals surface area contributed by atoms with Crippen molar-refractivity contribution < 1.29 is 19.5 Å². The van der Waals surface area contributed by atoms with Crippen LogP contribution in [0.15, 0.2) is 0 Å². The van der Waals surface area contributed by atoms with Crippen LogP contribution in [0.4, 0.5) is 0 Å². The summed E-state index contributed by atoms with van der Waals surface area (Å²) in [7, 11) is 0. The highest BCUT2D eigenvalue weighted by Gasteiger charge is 2.26. The van der Waals surface area contributed by atoms with Gasteiger partial charge in [-0.25, -0.2) is 0 Å². The summed E-state index contributed by atoms with van der Waals surface area (Å²) in [5.74, 6) is -0.774. The molecular weight excluding hydrogens is 296 g/mol. The zero-order chi connectivity index (χ0) is 16.7. The molecule has 0 unspecified atom stereocenters. The molecule has 0 bridgehead atoms. The Bertz CT molecular complexity index is 424. The summed E-state index contributed by atoms with van der Waals surface area (Å²) < 4.78 is 0. The fourth-order valence-corrected chi connectivity index (χ4v) is 3.67. The van der Waals surface area contributed by atoms with E-state index in [0.717, 1.165) is 12.8 Å². The van der Waals surface area contributed by atoms with Crippen molar-refractivity contribution >= 4 is 17.8 Å². The van der Waals surface area contributed by atoms with E-state index in [2.05, 4.69) is 10.6 Å². The van der Waals surface area contributed by atoms with Crippen molar-refractivity contribution in [3.8, 4) is 0 Å². The quantitative estimate of drug-likeness (QED) is 0.694. The summed E-state index contributed by atoms with van der Waals surface area (Å²) in [6.07, 6.45) is 9.04. The third-order valence-electron chi connectivity index (χ3n) is 5.09. The number of carbonyl (C=O) groups excluding carboxylic acids is 2. The summed E-state index contributed by atoms with van der Waals surface area (Å²) in [5, 5.41) is 14.5. The molecular formula is C17H28N2O4. The maximum atomic E-state index is 11.9. The van der Waals surface area contributed by atoms with Gasteiger partial charge >= 0.3 is 5.97 Å². The van der Waals surface area contributed by atoms with Crippen LogP contribution in [0.1, 0.15) is 64.2 Å². The van der Waals surface area contributed by atoms with Gasteiger partial charge in [-0.1, -0.05) is 19.3 Å². The van der Waals surface area contributed by atoms with Crippen molar-refractivity contribution in [2.45, 2.75) is 70.3 Å². The number of carboxylic acid groups (broad SMARTS) is 1. The summed E-state index contributed by atoms with van der Waals surface area (Å²) >= 11 is 0. The van der Waals surface area contributed by atoms with E-state index < -0.39 is 5.97 Å². The minimum Gasteiger partial charge on any atom is -0.481 e. The first-order valence-electron chi connectivity index (χ1n) is 8.83. The van der Waals surface area contributed by atoms with Crippen LogP contribution >= 0.6 is 0 Å². The lowest BCUT2D eigenvalue weighted by Crippen LogP contribution is -2.44. The lowest BCUT2D eigenvalue weighted by Gasteiger charge is -2.27. The molecule has 2 fully saturated rings. The highest BCUT2D eigenvalue weighted by atomic mass is 16.4. The predicted molar refractivity (Wildman–Crippen MR) is 85.7 cm³/mol. The van der Waals surface area contributed by atoms with Crippen LogP contribution in [-0.4, -0.2) is 35.5 Å². The molecule has 23 heavy (non-hydrogen) atoms. The first kappa shape index (κ1) is 17.8. The zero-order valence-electron chi connectivity index (χ0n) is 13.7. The molecule has 0 aromatic rings. The Hall–Kier alpha value is -1.59. The smallest absolute Gasteiger partial charge is 0.306 e. The Balaban J connectivity index is 1.59. The van der Waals surface area contributed by atoms with Crippen LogP contribution < -0.4 is 10.6 Å². The third-order valence-corrected chi connectivity index (χ3v) is 5.09. The van der Waals surface area contributed by atoms with E-state index in [1.54, 1.807) is 0 Å². The summed E-state index contributed by atoms with van der Waals surface area (Å²) in [4.78, 5) is 34.6. The van der Waals surface area contributed by atoms with Crippen LogP contribution in [0, 0.1) is 11.8 Å². The zero-order valence-corrected chi connectivity index (χ0v) is 13.7. The van der Waals surface area contributed by atoms with Crippen LogP contribution in [0.25, 0.3) is 0 Å². The van der Waals surface area contributed by atoms with E-state index in [4.69, 9.17) is 5.11 Å². The van der Waals surface area contributed by atoms with Crippen LogP contribution in [0.2, 0.25) is 0 Å². The average Bonchev–Trinajstić information content (AvgIpc) is 2.54. The highest BCUT2D eigenvalue weighted by molar-refractivity contribution is 5.84. The standard InChI is InChI=1S/C17H28N2O4/c20-15(10-12-4-2-1-3-5-12)18-11-16(21)19-14-8-6-13(7-9-14)17(22)23/h12-14H,1-11H2,(H,18,20)(H,19,21)(H,22,23). The Labute approximate surface area is 137 Å². The molecule has 0 heterocycles. The molecule has 130 valence electrons. The Kier molecular flexibility index (Phi) is 6.86. The van der Waals surface area contributed by atoms with Gasteiger partial charge < -0.3 is 15.7 Å². The monoisotopic (exact) mass is 324 g/mol. The SMILES string of the molecule is O=C(CC1CCCCC1)NCC(=O)NC1CCC(C(=O)O)CC1. The third kappa shape index (κ3) is 6.20. The molecule has 3 N–H and O–H groups in total. The Morgan fingerprint density at radius 1 is 0.870 bits per heavy atom. The number of nitrogens with one attached hydrogen (secondary N) is 2. The van der Waals surface area contributed by atoms with Crippen LogP contribution in [-0.2, 0) is 14.4 Å².